The van der Waals surface area contributed by atoms with Crippen molar-refractivity contribution in [2.75, 3.05) is 46.4 Å². The van der Waals surface area contributed by atoms with E-state index in [0.29, 0.717) is 37.9 Å². The molecule has 3 aliphatic heterocycles. The lowest BCUT2D eigenvalue weighted by Gasteiger charge is -2.39. The van der Waals surface area contributed by atoms with Gasteiger partial charge in [0.05, 0.1) is 31.6 Å². The highest BCUT2D eigenvalue weighted by atomic mass is 16.6. The normalized spacial score (nSPS) is 30.2. The second-order valence-corrected chi connectivity index (χ2v) is 8.74. The molecule has 1 aromatic rings. The van der Waals surface area contributed by atoms with E-state index in [9.17, 15) is 4.79 Å². The molecule has 1 N–H and O–H groups in total. The topological polar surface area (TPSA) is 70.7 Å². The lowest BCUT2D eigenvalue weighted by Crippen LogP contribution is -2.54. The van der Waals surface area contributed by atoms with Crippen molar-refractivity contribution in [3.63, 3.8) is 0 Å². The number of amides is 1. The number of aromatic amines is 1. The van der Waals surface area contributed by atoms with Crippen LogP contribution in [0.5, 0.6) is 0 Å². The van der Waals surface area contributed by atoms with E-state index in [2.05, 4.69) is 35.8 Å². The number of ether oxygens (including phenoxy) is 2. The summed E-state index contributed by atoms with van der Waals surface area (Å²) in [6.07, 6.45) is 4.69. The average Bonchev–Trinajstić information content (AvgIpc) is 3.20. The Labute approximate surface area is 155 Å². The Kier molecular flexibility index (Phi) is 4.57. The fraction of sp³-hybridized carbons (Fsp3) is 0.789. The van der Waals surface area contributed by atoms with E-state index in [1.807, 2.05) is 4.90 Å². The lowest BCUT2D eigenvalue weighted by atomic mass is 9.92. The Morgan fingerprint density at radius 3 is 2.73 bits per heavy atom. The molecule has 1 atom stereocenters. The SMILES string of the molecule is CN1CCC(c2ncc(C(=O)N3CCOC4(COC(C)(C)C4)C3)[nH]2)CC1. The molecule has 0 radical (unpaired) electrons. The van der Waals surface area contributed by atoms with Gasteiger partial charge in [-0.2, -0.15) is 0 Å². The highest BCUT2D eigenvalue weighted by molar-refractivity contribution is 5.92. The minimum atomic E-state index is -0.367. The van der Waals surface area contributed by atoms with Crippen LogP contribution in [0.2, 0.25) is 0 Å². The zero-order valence-corrected chi connectivity index (χ0v) is 16.1. The quantitative estimate of drug-likeness (QED) is 0.866. The first-order chi connectivity index (χ1) is 12.4. The summed E-state index contributed by atoms with van der Waals surface area (Å²) in [5, 5.41) is 0. The molecule has 1 spiro atoms. The first-order valence-corrected chi connectivity index (χ1v) is 9.67. The van der Waals surface area contributed by atoms with Gasteiger partial charge in [0.25, 0.3) is 5.91 Å². The van der Waals surface area contributed by atoms with E-state index < -0.39 is 0 Å². The minimum absolute atomic E-state index is 0.0176. The van der Waals surface area contributed by atoms with E-state index in [1.165, 1.54) is 0 Å². The lowest BCUT2D eigenvalue weighted by molar-refractivity contribution is -0.0999. The monoisotopic (exact) mass is 362 g/mol. The summed E-state index contributed by atoms with van der Waals surface area (Å²) in [5.74, 6) is 1.40. The van der Waals surface area contributed by atoms with Gasteiger partial charge in [0.15, 0.2) is 0 Å². The molecule has 26 heavy (non-hydrogen) atoms. The predicted molar refractivity (Wildman–Crippen MR) is 97.3 cm³/mol. The molecule has 3 fully saturated rings. The van der Waals surface area contributed by atoms with E-state index in [0.717, 1.165) is 38.2 Å². The fourth-order valence-corrected chi connectivity index (χ4v) is 4.52. The van der Waals surface area contributed by atoms with Crippen LogP contribution in [0.15, 0.2) is 6.20 Å². The molecule has 1 amide bonds. The van der Waals surface area contributed by atoms with Gasteiger partial charge in [-0.3, -0.25) is 4.79 Å². The van der Waals surface area contributed by atoms with Crippen molar-refractivity contribution in [1.82, 2.24) is 19.8 Å². The Hall–Kier alpha value is -1.44. The van der Waals surface area contributed by atoms with Gasteiger partial charge >= 0.3 is 0 Å². The third kappa shape index (κ3) is 3.52. The van der Waals surface area contributed by atoms with Crippen molar-refractivity contribution in [2.24, 2.45) is 0 Å². The molecule has 0 bridgehead atoms. The van der Waals surface area contributed by atoms with Gasteiger partial charge < -0.3 is 24.3 Å². The van der Waals surface area contributed by atoms with Gasteiger partial charge in [-0.05, 0) is 46.8 Å². The molecule has 7 heteroatoms. The molecule has 0 aromatic carbocycles. The van der Waals surface area contributed by atoms with E-state index in [4.69, 9.17) is 9.47 Å². The maximum atomic E-state index is 13.0. The molecule has 1 aromatic heterocycles. The highest BCUT2D eigenvalue weighted by Crippen LogP contribution is 2.37. The van der Waals surface area contributed by atoms with Gasteiger partial charge in [0, 0.05) is 18.9 Å². The van der Waals surface area contributed by atoms with Crippen LogP contribution in [0.4, 0.5) is 0 Å². The van der Waals surface area contributed by atoms with Crippen LogP contribution in [-0.4, -0.2) is 83.3 Å². The number of rotatable bonds is 2. The third-order valence-electron chi connectivity index (χ3n) is 5.94. The number of hydrogen-bond donors (Lipinski definition) is 1. The summed E-state index contributed by atoms with van der Waals surface area (Å²) < 4.78 is 11.9. The van der Waals surface area contributed by atoms with Gasteiger partial charge in [-0.1, -0.05) is 0 Å². The van der Waals surface area contributed by atoms with Gasteiger partial charge in [0.2, 0.25) is 0 Å². The Morgan fingerprint density at radius 2 is 2.04 bits per heavy atom. The minimum Gasteiger partial charge on any atom is -0.372 e. The fourth-order valence-electron chi connectivity index (χ4n) is 4.52. The molecule has 7 nitrogen and oxygen atoms in total. The standard InChI is InChI=1S/C19H30N4O3/c1-18(2)11-19(13-26-18)12-23(8-9-25-19)17(24)15-10-20-16(21-15)14-4-6-22(3)7-5-14/h10,14H,4-9,11-13H2,1-3H3,(H,20,21). The highest BCUT2D eigenvalue weighted by Gasteiger charge is 2.49. The van der Waals surface area contributed by atoms with Crippen LogP contribution >= 0.6 is 0 Å². The number of hydrogen-bond acceptors (Lipinski definition) is 5. The van der Waals surface area contributed by atoms with Gasteiger partial charge in [-0.15, -0.1) is 0 Å². The number of carbonyl (C=O) groups excluding carboxylic acids is 1. The van der Waals surface area contributed by atoms with Crippen molar-refractivity contribution in [3.05, 3.63) is 17.7 Å². The molecule has 0 aliphatic carbocycles. The number of imidazole rings is 1. The molecular weight excluding hydrogens is 332 g/mol. The van der Waals surface area contributed by atoms with Gasteiger partial charge in [-0.25, -0.2) is 4.98 Å². The zero-order chi connectivity index (χ0) is 18.4. The molecule has 1 unspecified atom stereocenters. The van der Waals surface area contributed by atoms with Crippen LogP contribution in [-0.2, 0) is 9.47 Å². The van der Waals surface area contributed by atoms with Crippen LogP contribution in [0.1, 0.15) is 55.3 Å². The number of aromatic nitrogens is 2. The molecule has 4 heterocycles. The number of H-pyrrole nitrogens is 1. The third-order valence-corrected chi connectivity index (χ3v) is 5.94. The Morgan fingerprint density at radius 1 is 1.27 bits per heavy atom. The molecule has 4 rings (SSSR count). The average molecular weight is 362 g/mol. The number of carbonyl (C=O) groups is 1. The first kappa shape index (κ1) is 17.9. The van der Waals surface area contributed by atoms with Crippen molar-refractivity contribution in [3.8, 4) is 0 Å². The van der Waals surface area contributed by atoms with Crippen molar-refractivity contribution < 1.29 is 14.3 Å². The van der Waals surface area contributed by atoms with Crippen molar-refractivity contribution in [2.45, 2.75) is 50.2 Å². The summed E-state index contributed by atoms with van der Waals surface area (Å²) >= 11 is 0. The van der Waals surface area contributed by atoms with E-state index in [1.54, 1.807) is 6.20 Å². The number of morpholine rings is 1. The Balaban J connectivity index is 1.43. The summed E-state index contributed by atoms with van der Waals surface area (Å²) in [6, 6.07) is 0. The largest absolute Gasteiger partial charge is 0.372 e. The summed E-state index contributed by atoms with van der Waals surface area (Å²) in [4.78, 5) is 25.0. The maximum Gasteiger partial charge on any atom is 0.272 e. The van der Waals surface area contributed by atoms with E-state index in [-0.39, 0.29) is 17.1 Å². The Bertz CT molecular complexity index is 665. The number of nitrogens with zero attached hydrogens (tertiary/aromatic N) is 3. The molecular formula is C19H30N4O3. The first-order valence-electron chi connectivity index (χ1n) is 9.67. The number of likely N-dealkylation sites (tertiary alicyclic amines) is 1. The van der Waals surface area contributed by atoms with Crippen molar-refractivity contribution >= 4 is 5.91 Å². The maximum absolute atomic E-state index is 13.0. The molecule has 3 aliphatic rings. The zero-order valence-electron chi connectivity index (χ0n) is 16.1. The van der Waals surface area contributed by atoms with Crippen molar-refractivity contribution in [1.29, 1.82) is 0 Å². The number of nitrogens with one attached hydrogen (secondary N) is 1. The molecule has 0 saturated carbocycles. The second kappa shape index (κ2) is 6.62. The van der Waals surface area contributed by atoms with Crippen LogP contribution in [0, 0.1) is 0 Å². The van der Waals surface area contributed by atoms with Crippen LogP contribution < -0.4 is 0 Å². The number of piperidine rings is 1. The van der Waals surface area contributed by atoms with Gasteiger partial charge in [0.1, 0.15) is 17.1 Å². The smallest absolute Gasteiger partial charge is 0.272 e. The predicted octanol–water partition coefficient (Wildman–Crippen LogP) is 1.63. The van der Waals surface area contributed by atoms with E-state index >= 15 is 0 Å². The van der Waals surface area contributed by atoms with Crippen LogP contribution in [0.3, 0.4) is 0 Å². The molecule has 3 saturated heterocycles. The summed E-state index contributed by atoms with van der Waals surface area (Å²) in [6.45, 7) is 8.62. The van der Waals surface area contributed by atoms with Crippen LogP contribution in [0.25, 0.3) is 0 Å². The summed E-state index contributed by atoms with van der Waals surface area (Å²) in [7, 11) is 2.15. The summed E-state index contributed by atoms with van der Waals surface area (Å²) in [5.41, 5.74) is 0.0319. The second-order valence-electron chi connectivity index (χ2n) is 8.74. The molecule has 144 valence electrons.